The summed E-state index contributed by atoms with van der Waals surface area (Å²) < 4.78 is 0. The minimum atomic E-state index is -0.804. The second-order valence-electron chi connectivity index (χ2n) is 6.74. The van der Waals surface area contributed by atoms with E-state index in [0.717, 1.165) is 37.7 Å². The van der Waals surface area contributed by atoms with Crippen LogP contribution in [0.3, 0.4) is 0 Å². The summed E-state index contributed by atoms with van der Waals surface area (Å²) in [5, 5.41) is 14.2. The molecule has 1 aliphatic rings. The van der Waals surface area contributed by atoms with Crippen molar-refractivity contribution in [3.63, 3.8) is 0 Å². The number of carbonyl (C=O) groups excluding carboxylic acids is 3. The Kier molecular flexibility index (Phi) is 8.08. The van der Waals surface area contributed by atoms with Crippen LogP contribution in [0.1, 0.15) is 44.1 Å². The molecule has 1 aromatic carbocycles. The summed E-state index contributed by atoms with van der Waals surface area (Å²) in [7, 11) is 0. The van der Waals surface area contributed by atoms with Gasteiger partial charge in [0, 0.05) is 0 Å². The highest BCUT2D eigenvalue weighted by molar-refractivity contribution is 5.87. The number of nitrogens with one attached hydrogen (secondary N) is 3. The number of rotatable bonds is 8. The van der Waals surface area contributed by atoms with Crippen molar-refractivity contribution in [1.82, 2.24) is 16.1 Å². The predicted molar refractivity (Wildman–Crippen MR) is 96.6 cm³/mol. The molecule has 4 N–H and O–H groups in total. The first-order valence-electron chi connectivity index (χ1n) is 9.14. The van der Waals surface area contributed by atoms with Crippen molar-refractivity contribution in [2.45, 2.75) is 57.0 Å². The fraction of sp³-hybridized carbons (Fsp3) is 0.526. The second-order valence-corrected chi connectivity index (χ2v) is 6.74. The fourth-order valence-corrected chi connectivity index (χ4v) is 3.43. The lowest BCUT2D eigenvalue weighted by Crippen LogP contribution is -2.55. The van der Waals surface area contributed by atoms with E-state index < -0.39 is 24.0 Å². The first kappa shape index (κ1) is 19.9. The molecule has 2 atom stereocenters. The Morgan fingerprint density at radius 1 is 1.12 bits per heavy atom. The van der Waals surface area contributed by atoms with Gasteiger partial charge in [-0.15, -0.1) is 0 Å². The first-order valence-corrected chi connectivity index (χ1v) is 9.14. The van der Waals surface area contributed by atoms with Gasteiger partial charge in [0.2, 0.25) is 0 Å². The zero-order valence-electron chi connectivity index (χ0n) is 14.8. The normalized spacial score (nSPS) is 17.0. The number of carbonyl (C=O) groups is 3. The summed E-state index contributed by atoms with van der Waals surface area (Å²) in [6.07, 6.45) is 6.59. The molecule has 3 amide bonds. The molecule has 7 nitrogen and oxygen atoms in total. The van der Waals surface area contributed by atoms with E-state index in [1.54, 1.807) is 5.48 Å². The number of amides is 3. The van der Waals surface area contributed by atoms with Crippen molar-refractivity contribution < 1.29 is 19.6 Å². The highest BCUT2D eigenvalue weighted by Gasteiger charge is 2.31. The molecule has 0 heterocycles. The van der Waals surface area contributed by atoms with E-state index in [0.29, 0.717) is 19.1 Å². The van der Waals surface area contributed by atoms with Crippen LogP contribution in [-0.2, 0) is 16.0 Å². The molecule has 0 aliphatic heterocycles. The molecule has 0 bridgehead atoms. The SMILES string of the molecule is O=C[C@H](CCc1ccccc1)NC(=O)N[C@@H](C(=O)NO)C1CCCCC1. The Morgan fingerprint density at radius 3 is 2.42 bits per heavy atom. The van der Waals surface area contributed by atoms with E-state index >= 15 is 0 Å². The van der Waals surface area contributed by atoms with E-state index in [1.807, 2.05) is 30.3 Å². The molecule has 0 saturated heterocycles. The van der Waals surface area contributed by atoms with E-state index in [-0.39, 0.29) is 5.92 Å². The molecule has 1 fully saturated rings. The number of aldehydes is 1. The molecule has 26 heavy (non-hydrogen) atoms. The van der Waals surface area contributed by atoms with Crippen LogP contribution in [0.4, 0.5) is 4.79 Å². The van der Waals surface area contributed by atoms with Gasteiger partial charge in [0.05, 0.1) is 6.04 Å². The van der Waals surface area contributed by atoms with Crippen LogP contribution < -0.4 is 16.1 Å². The maximum absolute atomic E-state index is 12.3. The number of urea groups is 1. The van der Waals surface area contributed by atoms with Crippen LogP contribution in [0.25, 0.3) is 0 Å². The van der Waals surface area contributed by atoms with Crippen LogP contribution >= 0.6 is 0 Å². The summed E-state index contributed by atoms with van der Waals surface area (Å²) in [6.45, 7) is 0. The van der Waals surface area contributed by atoms with Crippen LogP contribution in [0.2, 0.25) is 0 Å². The van der Waals surface area contributed by atoms with E-state index in [9.17, 15) is 14.4 Å². The quantitative estimate of drug-likeness (QED) is 0.322. The van der Waals surface area contributed by atoms with Crippen molar-refractivity contribution >= 4 is 18.2 Å². The third kappa shape index (κ3) is 6.15. The van der Waals surface area contributed by atoms with Crippen molar-refractivity contribution in [3.8, 4) is 0 Å². The van der Waals surface area contributed by atoms with Gasteiger partial charge in [-0.25, -0.2) is 10.3 Å². The van der Waals surface area contributed by atoms with Gasteiger partial charge in [-0.1, -0.05) is 49.6 Å². The summed E-state index contributed by atoms with van der Waals surface area (Å²) in [5.41, 5.74) is 2.72. The number of hydrogen-bond acceptors (Lipinski definition) is 4. The molecule has 0 aromatic heterocycles. The van der Waals surface area contributed by atoms with Gasteiger partial charge < -0.3 is 15.4 Å². The molecule has 2 rings (SSSR count). The van der Waals surface area contributed by atoms with Gasteiger partial charge in [-0.05, 0) is 37.2 Å². The van der Waals surface area contributed by atoms with Gasteiger partial charge in [0.25, 0.3) is 5.91 Å². The van der Waals surface area contributed by atoms with Gasteiger partial charge in [0.1, 0.15) is 12.3 Å². The Labute approximate surface area is 153 Å². The fourth-order valence-electron chi connectivity index (χ4n) is 3.43. The highest BCUT2D eigenvalue weighted by atomic mass is 16.5. The van der Waals surface area contributed by atoms with Crippen LogP contribution in [-0.4, -0.2) is 35.5 Å². The summed E-state index contributed by atoms with van der Waals surface area (Å²) in [4.78, 5) is 35.5. The van der Waals surface area contributed by atoms with E-state index in [2.05, 4.69) is 10.6 Å². The molecule has 142 valence electrons. The Hall–Kier alpha value is -2.41. The maximum atomic E-state index is 12.3. The zero-order valence-corrected chi connectivity index (χ0v) is 14.8. The topological polar surface area (TPSA) is 108 Å². The van der Waals surface area contributed by atoms with Gasteiger partial charge in [0.15, 0.2) is 0 Å². The van der Waals surface area contributed by atoms with Crippen molar-refractivity contribution in [2.75, 3.05) is 0 Å². The Balaban J connectivity index is 1.88. The Morgan fingerprint density at radius 2 is 1.81 bits per heavy atom. The first-order chi connectivity index (χ1) is 12.6. The van der Waals surface area contributed by atoms with E-state index in [1.165, 1.54) is 0 Å². The summed E-state index contributed by atoms with van der Waals surface area (Å²) in [6, 6.07) is 7.68. The molecular formula is C19H27N3O4. The lowest BCUT2D eigenvalue weighted by molar-refractivity contribution is -0.132. The number of aryl methyl sites for hydroxylation is 1. The minimum Gasteiger partial charge on any atom is -0.329 e. The number of hydrogen-bond donors (Lipinski definition) is 4. The molecular weight excluding hydrogens is 334 g/mol. The molecule has 0 spiro atoms. The largest absolute Gasteiger partial charge is 0.329 e. The summed E-state index contributed by atoms with van der Waals surface area (Å²) in [5.74, 6) is -0.639. The Bertz CT molecular complexity index is 588. The van der Waals surface area contributed by atoms with Crippen LogP contribution in [0.5, 0.6) is 0 Å². The van der Waals surface area contributed by atoms with Gasteiger partial charge >= 0.3 is 6.03 Å². The zero-order chi connectivity index (χ0) is 18.8. The van der Waals surface area contributed by atoms with Crippen molar-refractivity contribution in [1.29, 1.82) is 0 Å². The maximum Gasteiger partial charge on any atom is 0.316 e. The smallest absolute Gasteiger partial charge is 0.316 e. The predicted octanol–water partition coefficient (Wildman–Crippen LogP) is 1.94. The number of hydroxylamine groups is 1. The van der Waals surface area contributed by atoms with Gasteiger partial charge in [-0.3, -0.25) is 10.0 Å². The second kappa shape index (κ2) is 10.6. The minimum absolute atomic E-state index is 0.0133. The van der Waals surface area contributed by atoms with Crippen LogP contribution in [0.15, 0.2) is 30.3 Å². The number of benzene rings is 1. The average molecular weight is 361 g/mol. The summed E-state index contributed by atoms with van der Waals surface area (Å²) >= 11 is 0. The molecule has 1 aromatic rings. The van der Waals surface area contributed by atoms with E-state index in [4.69, 9.17) is 5.21 Å². The van der Waals surface area contributed by atoms with Crippen molar-refractivity contribution in [3.05, 3.63) is 35.9 Å². The lowest BCUT2D eigenvalue weighted by atomic mass is 9.83. The molecule has 1 aliphatic carbocycles. The molecule has 7 heteroatoms. The lowest BCUT2D eigenvalue weighted by Gasteiger charge is -2.29. The monoisotopic (exact) mass is 361 g/mol. The van der Waals surface area contributed by atoms with Crippen molar-refractivity contribution in [2.24, 2.45) is 5.92 Å². The van der Waals surface area contributed by atoms with Gasteiger partial charge in [-0.2, -0.15) is 0 Å². The average Bonchev–Trinajstić information content (AvgIpc) is 2.70. The molecule has 1 saturated carbocycles. The third-order valence-corrected chi connectivity index (χ3v) is 4.87. The third-order valence-electron chi connectivity index (χ3n) is 4.87. The molecule has 0 radical (unpaired) electrons. The standard InChI is InChI=1S/C19H27N3O4/c23-13-16(12-11-14-7-3-1-4-8-14)20-19(25)21-17(18(24)22-26)15-9-5-2-6-10-15/h1,3-4,7-8,13,15-17,26H,2,5-6,9-12H2,(H,22,24)(H2,20,21,25)/t16-,17+/m0/s1. The van der Waals surface area contributed by atoms with Crippen LogP contribution in [0, 0.1) is 5.92 Å². The molecule has 0 unspecified atom stereocenters. The highest BCUT2D eigenvalue weighted by Crippen LogP contribution is 2.26.